The standard InChI is InChI=1S/C11H13Cl2NO2S/c12-8-2-1-7(5-9(8)13)6-17-4-3-10(14)11(15)16/h1-2,5,10H,3-4,6,14H2,(H,15,16)/t10-/m0/s1. The SMILES string of the molecule is N[C@@H](CCSCc1ccc(Cl)c(Cl)c1)C(=O)O. The van der Waals surface area contributed by atoms with Gasteiger partial charge < -0.3 is 10.8 Å². The summed E-state index contributed by atoms with van der Waals surface area (Å²) in [5.74, 6) is 0.511. The molecule has 1 aromatic rings. The lowest BCUT2D eigenvalue weighted by atomic mass is 10.2. The van der Waals surface area contributed by atoms with Gasteiger partial charge in [0.15, 0.2) is 0 Å². The van der Waals surface area contributed by atoms with Crippen molar-refractivity contribution in [2.75, 3.05) is 5.75 Å². The summed E-state index contributed by atoms with van der Waals surface area (Å²) < 4.78 is 0. The van der Waals surface area contributed by atoms with Crippen LogP contribution in [-0.2, 0) is 10.5 Å². The maximum absolute atomic E-state index is 10.5. The van der Waals surface area contributed by atoms with Crippen molar-refractivity contribution < 1.29 is 9.90 Å². The average molecular weight is 294 g/mol. The molecule has 0 aliphatic rings. The lowest BCUT2D eigenvalue weighted by Crippen LogP contribution is -2.30. The van der Waals surface area contributed by atoms with Crippen molar-refractivity contribution in [1.82, 2.24) is 0 Å². The van der Waals surface area contributed by atoms with E-state index in [0.29, 0.717) is 22.2 Å². The Morgan fingerprint density at radius 3 is 2.71 bits per heavy atom. The maximum atomic E-state index is 10.5. The second-order valence-electron chi connectivity index (χ2n) is 3.53. The number of benzene rings is 1. The van der Waals surface area contributed by atoms with Gasteiger partial charge in [-0.1, -0.05) is 29.3 Å². The summed E-state index contributed by atoms with van der Waals surface area (Å²) in [6, 6.07) is 4.69. The van der Waals surface area contributed by atoms with Crippen LogP contribution in [0.25, 0.3) is 0 Å². The van der Waals surface area contributed by atoms with Crippen molar-refractivity contribution in [1.29, 1.82) is 0 Å². The largest absolute Gasteiger partial charge is 0.480 e. The lowest BCUT2D eigenvalue weighted by molar-refractivity contribution is -0.138. The number of carboxylic acids is 1. The first-order valence-electron chi connectivity index (χ1n) is 5.00. The van der Waals surface area contributed by atoms with Gasteiger partial charge in [0.25, 0.3) is 0 Å². The lowest BCUT2D eigenvalue weighted by Gasteiger charge is -2.06. The molecule has 0 aliphatic carbocycles. The molecule has 0 heterocycles. The first-order valence-corrected chi connectivity index (χ1v) is 6.92. The third-order valence-corrected chi connectivity index (χ3v) is 3.94. The van der Waals surface area contributed by atoms with Gasteiger partial charge in [0, 0.05) is 5.75 Å². The van der Waals surface area contributed by atoms with Crippen molar-refractivity contribution in [2.45, 2.75) is 18.2 Å². The highest BCUT2D eigenvalue weighted by molar-refractivity contribution is 7.98. The Hall–Kier alpha value is -0.420. The Balaban J connectivity index is 2.31. The predicted octanol–water partition coefficient (Wildman–Crippen LogP) is 3.03. The molecule has 3 N–H and O–H groups in total. The summed E-state index contributed by atoms with van der Waals surface area (Å²) in [5, 5.41) is 9.67. The van der Waals surface area contributed by atoms with E-state index in [0.717, 1.165) is 11.3 Å². The van der Waals surface area contributed by atoms with Crippen molar-refractivity contribution in [2.24, 2.45) is 5.73 Å². The van der Waals surface area contributed by atoms with E-state index in [4.69, 9.17) is 34.0 Å². The van der Waals surface area contributed by atoms with E-state index in [1.165, 1.54) is 0 Å². The second-order valence-corrected chi connectivity index (χ2v) is 5.45. The van der Waals surface area contributed by atoms with Crippen molar-refractivity contribution in [3.05, 3.63) is 33.8 Å². The first kappa shape index (κ1) is 14.6. The van der Waals surface area contributed by atoms with Gasteiger partial charge in [-0.25, -0.2) is 0 Å². The highest BCUT2D eigenvalue weighted by Crippen LogP contribution is 2.24. The van der Waals surface area contributed by atoms with Gasteiger partial charge >= 0.3 is 5.97 Å². The van der Waals surface area contributed by atoms with E-state index in [9.17, 15) is 4.79 Å². The number of hydrogen-bond acceptors (Lipinski definition) is 3. The molecule has 0 amide bonds. The summed E-state index contributed by atoms with van der Waals surface area (Å²) in [6.45, 7) is 0. The summed E-state index contributed by atoms with van der Waals surface area (Å²) >= 11 is 13.3. The van der Waals surface area contributed by atoms with Gasteiger partial charge in [-0.3, -0.25) is 4.79 Å². The number of halogens is 2. The first-order chi connectivity index (χ1) is 8.00. The fourth-order valence-electron chi connectivity index (χ4n) is 1.15. The molecule has 0 bridgehead atoms. The highest BCUT2D eigenvalue weighted by atomic mass is 35.5. The minimum Gasteiger partial charge on any atom is -0.480 e. The van der Waals surface area contributed by atoms with Crippen LogP contribution in [0.3, 0.4) is 0 Å². The molecular weight excluding hydrogens is 281 g/mol. The van der Waals surface area contributed by atoms with Crippen LogP contribution in [-0.4, -0.2) is 22.9 Å². The van der Waals surface area contributed by atoms with Crippen LogP contribution in [0, 0.1) is 0 Å². The van der Waals surface area contributed by atoms with Gasteiger partial charge in [0.1, 0.15) is 6.04 Å². The summed E-state index contributed by atoms with van der Waals surface area (Å²) in [4.78, 5) is 10.5. The quantitative estimate of drug-likeness (QED) is 0.792. The second kappa shape index (κ2) is 7.11. The molecule has 0 aliphatic heterocycles. The van der Waals surface area contributed by atoms with E-state index in [1.54, 1.807) is 17.8 Å². The Labute approximate surface area is 114 Å². The molecule has 1 rings (SSSR count). The minimum atomic E-state index is -0.958. The minimum absolute atomic E-state index is 0.460. The molecule has 3 nitrogen and oxygen atoms in total. The van der Waals surface area contributed by atoms with E-state index in [2.05, 4.69) is 0 Å². The molecule has 0 radical (unpaired) electrons. The third kappa shape index (κ3) is 5.17. The molecule has 0 fully saturated rings. The van der Waals surface area contributed by atoms with Crippen molar-refractivity contribution >= 4 is 40.9 Å². The van der Waals surface area contributed by atoms with E-state index in [-0.39, 0.29) is 0 Å². The molecule has 0 unspecified atom stereocenters. The van der Waals surface area contributed by atoms with Crippen LogP contribution in [0.1, 0.15) is 12.0 Å². The molecule has 1 atom stereocenters. The van der Waals surface area contributed by atoms with Crippen molar-refractivity contribution in [3.8, 4) is 0 Å². The topological polar surface area (TPSA) is 63.3 Å². The Bertz CT molecular complexity index is 401. The number of nitrogens with two attached hydrogens (primary N) is 1. The maximum Gasteiger partial charge on any atom is 0.320 e. The molecule has 1 aromatic carbocycles. The van der Waals surface area contributed by atoms with Gasteiger partial charge in [-0.05, 0) is 29.9 Å². The van der Waals surface area contributed by atoms with E-state index < -0.39 is 12.0 Å². The average Bonchev–Trinajstić information content (AvgIpc) is 2.28. The molecular formula is C11H13Cl2NO2S. The van der Waals surface area contributed by atoms with Crippen LogP contribution in [0.15, 0.2) is 18.2 Å². The Morgan fingerprint density at radius 1 is 1.41 bits per heavy atom. The number of rotatable bonds is 6. The Morgan fingerprint density at radius 2 is 2.12 bits per heavy atom. The predicted molar refractivity (Wildman–Crippen MR) is 72.9 cm³/mol. The van der Waals surface area contributed by atoms with Crippen LogP contribution < -0.4 is 5.73 Å². The smallest absolute Gasteiger partial charge is 0.320 e. The fourth-order valence-corrected chi connectivity index (χ4v) is 2.45. The normalized spacial score (nSPS) is 12.4. The number of carboxylic acid groups (broad SMARTS) is 1. The monoisotopic (exact) mass is 293 g/mol. The molecule has 0 saturated carbocycles. The number of hydrogen-bond donors (Lipinski definition) is 2. The zero-order valence-corrected chi connectivity index (χ0v) is 11.4. The zero-order chi connectivity index (χ0) is 12.8. The van der Waals surface area contributed by atoms with E-state index >= 15 is 0 Å². The highest BCUT2D eigenvalue weighted by Gasteiger charge is 2.10. The molecule has 6 heteroatoms. The summed E-state index contributed by atoms with van der Waals surface area (Å²) in [6.07, 6.45) is 0.460. The molecule has 17 heavy (non-hydrogen) atoms. The molecule has 0 aromatic heterocycles. The van der Waals surface area contributed by atoms with Crippen LogP contribution in [0.4, 0.5) is 0 Å². The summed E-state index contributed by atoms with van der Waals surface area (Å²) in [5.41, 5.74) is 6.45. The van der Waals surface area contributed by atoms with E-state index in [1.807, 2.05) is 12.1 Å². The molecule has 0 spiro atoms. The summed E-state index contributed by atoms with van der Waals surface area (Å²) in [7, 11) is 0. The van der Waals surface area contributed by atoms with Crippen LogP contribution in [0.2, 0.25) is 10.0 Å². The number of thioether (sulfide) groups is 1. The number of carbonyl (C=O) groups is 1. The van der Waals surface area contributed by atoms with Gasteiger partial charge in [-0.15, -0.1) is 0 Å². The zero-order valence-electron chi connectivity index (χ0n) is 9.03. The van der Waals surface area contributed by atoms with Gasteiger partial charge in [0.05, 0.1) is 10.0 Å². The Kier molecular flexibility index (Phi) is 6.12. The number of aliphatic carboxylic acids is 1. The fraction of sp³-hybridized carbons (Fsp3) is 0.364. The van der Waals surface area contributed by atoms with Gasteiger partial charge in [0.2, 0.25) is 0 Å². The molecule has 0 saturated heterocycles. The van der Waals surface area contributed by atoms with Crippen LogP contribution >= 0.6 is 35.0 Å². The van der Waals surface area contributed by atoms with Crippen LogP contribution in [0.5, 0.6) is 0 Å². The van der Waals surface area contributed by atoms with Gasteiger partial charge in [-0.2, -0.15) is 11.8 Å². The van der Waals surface area contributed by atoms with Crippen molar-refractivity contribution in [3.63, 3.8) is 0 Å². The molecule has 94 valence electrons. The third-order valence-electron chi connectivity index (χ3n) is 2.14.